The van der Waals surface area contributed by atoms with Gasteiger partial charge < -0.3 is 19.1 Å². The van der Waals surface area contributed by atoms with Gasteiger partial charge in [0.25, 0.3) is 0 Å². The Kier molecular flexibility index (Phi) is 4.42. The Hall–Kier alpha value is -3.95. The van der Waals surface area contributed by atoms with Crippen molar-refractivity contribution in [3.63, 3.8) is 0 Å². The van der Waals surface area contributed by atoms with Crippen LogP contribution in [-0.2, 0) is 7.05 Å². The van der Waals surface area contributed by atoms with Gasteiger partial charge in [-0.1, -0.05) is 5.16 Å². The number of methoxy groups -OCH3 is 1. The molecule has 10 heteroatoms. The fraction of sp³-hybridized carbons (Fsp3) is 0.375. The van der Waals surface area contributed by atoms with E-state index in [0.717, 1.165) is 56.2 Å². The van der Waals surface area contributed by atoms with E-state index in [1.54, 1.807) is 7.11 Å². The number of hydrogen-bond donors (Lipinski definition) is 1. The van der Waals surface area contributed by atoms with Gasteiger partial charge in [-0.2, -0.15) is 5.10 Å². The molecule has 5 heterocycles. The van der Waals surface area contributed by atoms with Crippen molar-refractivity contribution in [3.8, 4) is 17.0 Å². The predicted molar refractivity (Wildman–Crippen MR) is 129 cm³/mol. The average molecular weight is 459 g/mol. The molecule has 174 valence electrons. The lowest BCUT2D eigenvalue weighted by Gasteiger charge is -2.19. The third kappa shape index (κ3) is 3.05. The Balaban J connectivity index is 1.58. The number of hydrogen-bond acceptors (Lipinski definition) is 8. The summed E-state index contributed by atoms with van der Waals surface area (Å²) in [4.78, 5) is 19.9. The van der Waals surface area contributed by atoms with E-state index >= 15 is 0 Å². The molecule has 0 atom stereocenters. The number of aryl methyl sites for hydroxylation is 4. The minimum Gasteiger partial charge on any atom is -0.481 e. The second-order valence-electron chi connectivity index (χ2n) is 8.97. The molecule has 0 bridgehead atoms. The zero-order chi connectivity index (χ0) is 23.7. The molecular formula is C24H26N8O2. The molecule has 10 nitrogen and oxygen atoms in total. The zero-order valence-corrected chi connectivity index (χ0v) is 20.1. The van der Waals surface area contributed by atoms with E-state index in [1.807, 2.05) is 45.6 Å². The monoisotopic (exact) mass is 458 g/mol. The highest BCUT2D eigenvalue weighted by atomic mass is 16.5. The lowest BCUT2D eigenvalue weighted by atomic mass is 10.0. The number of pyridine rings is 1. The van der Waals surface area contributed by atoms with Crippen LogP contribution in [0.3, 0.4) is 0 Å². The normalized spacial score (nSPS) is 13.8. The van der Waals surface area contributed by atoms with Crippen molar-refractivity contribution in [3.05, 3.63) is 35.1 Å². The van der Waals surface area contributed by atoms with Crippen molar-refractivity contribution in [2.24, 2.45) is 7.05 Å². The number of aromatic amines is 1. The molecule has 5 aromatic rings. The highest BCUT2D eigenvalue weighted by molar-refractivity contribution is 6.11. The quantitative estimate of drug-likeness (QED) is 0.411. The smallest absolute Gasteiger partial charge is 0.221 e. The molecule has 0 aromatic carbocycles. The Bertz CT molecular complexity index is 1550. The first-order valence-corrected chi connectivity index (χ1v) is 11.3. The molecule has 34 heavy (non-hydrogen) atoms. The molecule has 0 radical (unpaired) electrons. The van der Waals surface area contributed by atoms with Gasteiger partial charge in [-0.3, -0.25) is 4.68 Å². The molecule has 1 aliphatic carbocycles. The lowest BCUT2D eigenvalue weighted by molar-refractivity contribution is 0.392. The number of ether oxygens (including phenoxy) is 1. The molecule has 0 amide bonds. The third-order valence-electron chi connectivity index (χ3n) is 6.51. The van der Waals surface area contributed by atoms with E-state index < -0.39 is 0 Å². The van der Waals surface area contributed by atoms with Crippen LogP contribution in [0, 0.1) is 20.8 Å². The summed E-state index contributed by atoms with van der Waals surface area (Å²) in [6, 6.07) is 4.17. The van der Waals surface area contributed by atoms with Crippen LogP contribution in [0.15, 0.2) is 16.7 Å². The van der Waals surface area contributed by atoms with Crippen molar-refractivity contribution in [2.75, 3.05) is 19.1 Å². The maximum Gasteiger partial charge on any atom is 0.221 e. The minimum absolute atomic E-state index is 0.494. The molecule has 0 aliphatic heterocycles. The molecule has 0 unspecified atom stereocenters. The summed E-state index contributed by atoms with van der Waals surface area (Å²) >= 11 is 0. The number of nitrogens with one attached hydrogen (secondary N) is 1. The summed E-state index contributed by atoms with van der Waals surface area (Å²) in [5.41, 5.74) is 5.92. The summed E-state index contributed by atoms with van der Waals surface area (Å²) in [5, 5.41) is 9.66. The minimum atomic E-state index is 0.494. The summed E-state index contributed by atoms with van der Waals surface area (Å²) in [6.07, 6.45) is 2.41. The number of aromatic nitrogens is 7. The van der Waals surface area contributed by atoms with E-state index in [2.05, 4.69) is 26.1 Å². The van der Waals surface area contributed by atoms with Crippen molar-refractivity contribution in [2.45, 2.75) is 39.5 Å². The van der Waals surface area contributed by atoms with E-state index in [4.69, 9.17) is 24.3 Å². The molecular weight excluding hydrogens is 432 g/mol. The molecule has 1 N–H and O–H groups in total. The van der Waals surface area contributed by atoms with Gasteiger partial charge in [0.05, 0.1) is 40.5 Å². The highest BCUT2D eigenvalue weighted by Gasteiger charge is 2.29. The van der Waals surface area contributed by atoms with E-state index in [9.17, 15) is 0 Å². The average Bonchev–Trinajstić information content (AvgIpc) is 3.38. The Morgan fingerprint density at radius 1 is 1.15 bits per heavy atom. The second kappa shape index (κ2) is 7.28. The largest absolute Gasteiger partial charge is 0.481 e. The van der Waals surface area contributed by atoms with E-state index in [-0.39, 0.29) is 0 Å². The van der Waals surface area contributed by atoms with Crippen LogP contribution in [-0.4, -0.2) is 49.0 Å². The number of H-pyrrole nitrogens is 1. The Morgan fingerprint density at radius 3 is 2.62 bits per heavy atom. The molecule has 0 saturated heterocycles. The van der Waals surface area contributed by atoms with Gasteiger partial charge >= 0.3 is 0 Å². The standard InChI is InChI=1S/C24H26N8O2/c1-11-19(12(2)34-30-11)15-9-17-21(28-24(15)33-6)20-22(27-17)25-13(3)26-23(20)31(4)18-10-16(14-7-8-14)29-32(18)5/h9-10,14H,7-8H2,1-6H3,(H,25,26,27). The Morgan fingerprint density at radius 2 is 1.94 bits per heavy atom. The summed E-state index contributed by atoms with van der Waals surface area (Å²) in [5.74, 6) is 4.18. The summed E-state index contributed by atoms with van der Waals surface area (Å²) in [7, 11) is 5.59. The summed E-state index contributed by atoms with van der Waals surface area (Å²) < 4.78 is 13.0. The maximum absolute atomic E-state index is 5.71. The topological polar surface area (TPSA) is 111 Å². The third-order valence-corrected chi connectivity index (χ3v) is 6.51. The first kappa shape index (κ1) is 20.6. The number of fused-ring (bicyclic) bond motifs is 3. The van der Waals surface area contributed by atoms with E-state index in [1.165, 1.54) is 12.8 Å². The van der Waals surface area contributed by atoms with Crippen LogP contribution >= 0.6 is 0 Å². The van der Waals surface area contributed by atoms with Crippen LogP contribution in [0.25, 0.3) is 33.2 Å². The number of nitrogens with zero attached hydrogens (tertiary/aromatic N) is 7. The van der Waals surface area contributed by atoms with Crippen LogP contribution in [0.5, 0.6) is 5.88 Å². The van der Waals surface area contributed by atoms with Crippen molar-refractivity contribution < 1.29 is 9.26 Å². The SMILES string of the molecule is COc1nc2c(cc1-c1c(C)noc1C)[nH]c1nc(C)nc(N(C)c3cc(C4CC4)nn3C)c12. The lowest BCUT2D eigenvalue weighted by Crippen LogP contribution is -2.16. The van der Waals surface area contributed by atoms with Crippen molar-refractivity contribution in [1.82, 2.24) is 34.9 Å². The molecule has 6 rings (SSSR count). The second-order valence-corrected chi connectivity index (χ2v) is 8.97. The van der Waals surface area contributed by atoms with Crippen molar-refractivity contribution >= 4 is 33.7 Å². The van der Waals surface area contributed by atoms with Crippen LogP contribution in [0.2, 0.25) is 0 Å². The van der Waals surface area contributed by atoms with Gasteiger partial charge in [-0.25, -0.2) is 15.0 Å². The van der Waals surface area contributed by atoms with Crippen LogP contribution in [0.1, 0.15) is 41.7 Å². The molecule has 1 saturated carbocycles. The van der Waals surface area contributed by atoms with Gasteiger partial charge in [0, 0.05) is 26.1 Å². The number of anilines is 2. The first-order chi connectivity index (χ1) is 16.4. The van der Waals surface area contributed by atoms with Gasteiger partial charge in [0.2, 0.25) is 5.88 Å². The first-order valence-electron chi connectivity index (χ1n) is 11.3. The molecule has 1 aliphatic rings. The fourth-order valence-corrected chi connectivity index (χ4v) is 4.70. The zero-order valence-electron chi connectivity index (χ0n) is 20.1. The van der Waals surface area contributed by atoms with Gasteiger partial charge in [0.15, 0.2) is 0 Å². The van der Waals surface area contributed by atoms with Crippen molar-refractivity contribution in [1.29, 1.82) is 0 Å². The molecule has 1 fully saturated rings. The maximum atomic E-state index is 5.71. The molecule has 0 spiro atoms. The van der Waals surface area contributed by atoms with Gasteiger partial charge in [-0.15, -0.1) is 0 Å². The Labute approximate surface area is 196 Å². The van der Waals surface area contributed by atoms with E-state index in [0.29, 0.717) is 23.4 Å². The van der Waals surface area contributed by atoms with Gasteiger partial charge in [-0.05, 0) is 39.7 Å². The van der Waals surface area contributed by atoms with Crippen LogP contribution < -0.4 is 9.64 Å². The fourth-order valence-electron chi connectivity index (χ4n) is 4.70. The predicted octanol–water partition coefficient (Wildman–Crippen LogP) is 4.47. The highest BCUT2D eigenvalue weighted by Crippen LogP contribution is 2.42. The molecule has 5 aromatic heterocycles. The van der Waals surface area contributed by atoms with Crippen LogP contribution in [0.4, 0.5) is 11.6 Å². The van der Waals surface area contributed by atoms with Gasteiger partial charge in [0.1, 0.15) is 34.4 Å². The summed E-state index contributed by atoms with van der Waals surface area (Å²) in [6.45, 7) is 5.69. The number of rotatable bonds is 5.